The number of aliphatic carboxylic acids is 1. The Morgan fingerprint density at radius 1 is 1.58 bits per heavy atom. The van der Waals surface area contributed by atoms with E-state index in [1.165, 1.54) is 12.1 Å². The van der Waals surface area contributed by atoms with Crippen LogP contribution in [0.1, 0.15) is 18.4 Å². The summed E-state index contributed by atoms with van der Waals surface area (Å²) in [7, 11) is 0. The summed E-state index contributed by atoms with van der Waals surface area (Å²) in [6.45, 7) is 0.798. The molecule has 0 aromatic heterocycles. The van der Waals surface area contributed by atoms with Gasteiger partial charge in [-0.3, -0.25) is 19.8 Å². The summed E-state index contributed by atoms with van der Waals surface area (Å²) in [4.78, 5) is 23.3. The third-order valence-electron chi connectivity index (χ3n) is 3.30. The van der Waals surface area contributed by atoms with Gasteiger partial charge in [0, 0.05) is 12.6 Å². The molecular formula is C12H13ClN2O4. The Labute approximate surface area is 114 Å². The van der Waals surface area contributed by atoms with E-state index in [1.807, 2.05) is 0 Å². The lowest BCUT2D eigenvalue weighted by molar-refractivity contribution is -0.385. The van der Waals surface area contributed by atoms with Gasteiger partial charge in [-0.15, -0.1) is 0 Å². The molecule has 1 aliphatic heterocycles. The largest absolute Gasteiger partial charge is 0.480 e. The van der Waals surface area contributed by atoms with Gasteiger partial charge in [0.1, 0.15) is 6.04 Å². The van der Waals surface area contributed by atoms with Crippen LogP contribution in [0.4, 0.5) is 5.69 Å². The molecule has 6 nitrogen and oxygen atoms in total. The first-order chi connectivity index (χ1) is 9.00. The number of carbonyl (C=O) groups is 1. The highest BCUT2D eigenvalue weighted by Gasteiger charge is 2.32. The Morgan fingerprint density at radius 3 is 2.95 bits per heavy atom. The van der Waals surface area contributed by atoms with Crippen molar-refractivity contribution in [3.05, 3.63) is 38.9 Å². The third-order valence-corrected chi connectivity index (χ3v) is 3.65. The minimum atomic E-state index is -0.896. The fraction of sp³-hybridized carbons (Fsp3) is 0.417. The van der Waals surface area contributed by atoms with E-state index in [1.54, 1.807) is 11.0 Å². The summed E-state index contributed by atoms with van der Waals surface area (Å²) in [6, 6.07) is 3.89. The first-order valence-corrected chi connectivity index (χ1v) is 6.27. The zero-order chi connectivity index (χ0) is 14.0. The van der Waals surface area contributed by atoms with Gasteiger partial charge in [-0.25, -0.2) is 0 Å². The Morgan fingerprint density at radius 2 is 2.32 bits per heavy atom. The number of nitrogens with zero attached hydrogens (tertiary/aromatic N) is 2. The molecule has 1 aromatic carbocycles. The number of likely N-dealkylation sites (tertiary alicyclic amines) is 1. The van der Waals surface area contributed by atoms with Crippen molar-refractivity contribution >= 4 is 23.3 Å². The Kier molecular flexibility index (Phi) is 4.01. The highest BCUT2D eigenvalue weighted by atomic mass is 35.5. The van der Waals surface area contributed by atoms with E-state index in [9.17, 15) is 14.9 Å². The highest BCUT2D eigenvalue weighted by molar-refractivity contribution is 6.31. The van der Waals surface area contributed by atoms with Crippen LogP contribution in [0.25, 0.3) is 0 Å². The molecule has 2 rings (SSSR count). The van der Waals surface area contributed by atoms with Gasteiger partial charge in [0.25, 0.3) is 5.69 Å². The molecule has 1 unspecified atom stereocenters. The van der Waals surface area contributed by atoms with Gasteiger partial charge in [0.15, 0.2) is 0 Å². The summed E-state index contributed by atoms with van der Waals surface area (Å²) in [5.74, 6) is -0.896. The van der Waals surface area contributed by atoms with Crippen molar-refractivity contribution in [1.82, 2.24) is 4.90 Å². The van der Waals surface area contributed by atoms with Gasteiger partial charge >= 0.3 is 5.97 Å². The molecule has 0 bridgehead atoms. The number of carboxylic acids is 1. The molecule has 0 aliphatic carbocycles. The molecule has 102 valence electrons. The summed E-state index contributed by atoms with van der Waals surface area (Å²) in [6.07, 6.45) is 1.34. The average Bonchev–Trinajstić information content (AvgIpc) is 2.79. The van der Waals surface area contributed by atoms with E-state index in [0.717, 1.165) is 6.42 Å². The molecule has 7 heteroatoms. The number of nitro groups is 1. The summed E-state index contributed by atoms with van der Waals surface area (Å²) in [5.41, 5.74) is 0.311. The molecule has 1 saturated heterocycles. The maximum atomic E-state index is 11.1. The Balaban J connectivity index is 2.28. The van der Waals surface area contributed by atoms with Crippen LogP contribution in [0, 0.1) is 10.1 Å². The van der Waals surface area contributed by atoms with Crippen LogP contribution in [0.3, 0.4) is 0 Å². The average molecular weight is 285 g/mol. The number of hydrogen-bond donors (Lipinski definition) is 1. The standard InChI is InChI=1S/C12H13ClN2O4/c13-9-3-1-4-10(15(18)19)8(9)7-14-6-2-5-11(14)12(16)17/h1,3-4,11H,2,5-7H2,(H,16,17). The maximum absolute atomic E-state index is 11.1. The number of hydrogen-bond acceptors (Lipinski definition) is 4. The van der Waals surface area contributed by atoms with Crippen molar-refractivity contribution < 1.29 is 14.8 Å². The SMILES string of the molecule is O=C(O)C1CCCN1Cc1c(Cl)cccc1[N+](=O)[O-]. The van der Waals surface area contributed by atoms with Gasteiger partial charge in [0.05, 0.1) is 15.5 Å². The Hall–Kier alpha value is -1.66. The van der Waals surface area contributed by atoms with E-state index < -0.39 is 16.9 Å². The fourth-order valence-electron chi connectivity index (χ4n) is 2.37. The van der Waals surface area contributed by atoms with Gasteiger partial charge in [0.2, 0.25) is 0 Å². The highest BCUT2D eigenvalue weighted by Crippen LogP contribution is 2.30. The Bertz CT molecular complexity index is 520. The fourth-order valence-corrected chi connectivity index (χ4v) is 2.60. The number of carboxylic acid groups (broad SMARTS) is 1. The molecule has 0 saturated carbocycles. The first-order valence-electron chi connectivity index (χ1n) is 5.89. The molecule has 0 amide bonds. The minimum absolute atomic E-state index is 0.0662. The second kappa shape index (κ2) is 5.54. The molecule has 1 atom stereocenters. The first kappa shape index (κ1) is 13.8. The van der Waals surface area contributed by atoms with Crippen LogP contribution in [-0.4, -0.2) is 33.5 Å². The van der Waals surface area contributed by atoms with E-state index in [0.29, 0.717) is 23.6 Å². The summed E-state index contributed by atoms with van der Waals surface area (Å²) in [5, 5.41) is 20.4. The topological polar surface area (TPSA) is 83.7 Å². The summed E-state index contributed by atoms with van der Waals surface area (Å²) < 4.78 is 0. The monoisotopic (exact) mass is 284 g/mol. The van der Waals surface area contributed by atoms with Gasteiger partial charge < -0.3 is 5.11 Å². The van der Waals surface area contributed by atoms with E-state index in [4.69, 9.17) is 16.7 Å². The third kappa shape index (κ3) is 2.85. The van der Waals surface area contributed by atoms with Gasteiger partial charge in [-0.1, -0.05) is 17.7 Å². The number of rotatable bonds is 4. The number of halogens is 1. The molecule has 1 aliphatic rings. The van der Waals surface area contributed by atoms with Crippen LogP contribution in [0.15, 0.2) is 18.2 Å². The predicted molar refractivity (Wildman–Crippen MR) is 69.2 cm³/mol. The van der Waals surface area contributed by atoms with Crippen molar-refractivity contribution in [3.8, 4) is 0 Å². The molecule has 1 N–H and O–H groups in total. The molecule has 0 radical (unpaired) electrons. The zero-order valence-corrected chi connectivity index (χ0v) is 10.8. The van der Waals surface area contributed by atoms with Gasteiger partial charge in [-0.05, 0) is 25.5 Å². The van der Waals surface area contributed by atoms with Crippen molar-refractivity contribution in [1.29, 1.82) is 0 Å². The lowest BCUT2D eigenvalue weighted by atomic mass is 10.1. The summed E-state index contributed by atoms with van der Waals surface area (Å²) >= 11 is 6.00. The lowest BCUT2D eigenvalue weighted by Gasteiger charge is -2.21. The molecule has 19 heavy (non-hydrogen) atoms. The van der Waals surface area contributed by atoms with Crippen LogP contribution < -0.4 is 0 Å². The quantitative estimate of drug-likeness (QED) is 0.677. The van der Waals surface area contributed by atoms with Crippen LogP contribution >= 0.6 is 11.6 Å². The van der Waals surface area contributed by atoms with Crippen LogP contribution in [-0.2, 0) is 11.3 Å². The predicted octanol–water partition coefficient (Wildman–Crippen LogP) is 2.30. The molecular weight excluding hydrogens is 272 g/mol. The van der Waals surface area contributed by atoms with Crippen molar-refractivity contribution in [2.75, 3.05) is 6.54 Å². The maximum Gasteiger partial charge on any atom is 0.320 e. The van der Waals surface area contributed by atoms with Crippen LogP contribution in [0.5, 0.6) is 0 Å². The normalized spacial score (nSPS) is 19.5. The minimum Gasteiger partial charge on any atom is -0.480 e. The lowest BCUT2D eigenvalue weighted by Crippen LogP contribution is -2.35. The second-order valence-electron chi connectivity index (χ2n) is 4.46. The molecule has 1 heterocycles. The van der Waals surface area contributed by atoms with Gasteiger partial charge in [-0.2, -0.15) is 0 Å². The molecule has 0 spiro atoms. The van der Waals surface area contributed by atoms with E-state index in [-0.39, 0.29) is 12.2 Å². The number of benzene rings is 1. The number of nitro benzene ring substituents is 1. The van der Waals surface area contributed by atoms with Crippen molar-refractivity contribution in [3.63, 3.8) is 0 Å². The van der Waals surface area contributed by atoms with Crippen LogP contribution in [0.2, 0.25) is 5.02 Å². The smallest absolute Gasteiger partial charge is 0.320 e. The van der Waals surface area contributed by atoms with E-state index in [2.05, 4.69) is 0 Å². The zero-order valence-electron chi connectivity index (χ0n) is 10.1. The second-order valence-corrected chi connectivity index (χ2v) is 4.87. The van der Waals surface area contributed by atoms with Crippen molar-refractivity contribution in [2.45, 2.75) is 25.4 Å². The molecule has 1 aromatic rings. The van der Waals surface area contributed by atoms with Crippen molar-refractivity contribution in [2.24, 2.45) is 0 Å². The molecule has 1 fully saturated rings. The van der Waals surface area contributed by atoms with E-state index >= 15 is 0 Å².